The number of aromatic nitrogens is 2. The van der Waals surface area contributed by atoms with Crippen molar-refractivity contribution in [3.8, 4) is 11.4 Å². The number of methoxy groups -OCH3 is 1. The van der Waals surface area contributed by atoms with Gasteiger partial charge in [-0.05, 0) is 48.4 Å². The lowest BCUT2D eigenvalue weighted by atomic mass is 10.1. The number of rotatable bonds is 6. The Morgan fingerprint density at radius 3 is 2.46 bits per heavy atom. The summed E-state index contributed by atoms with van der Waals surface area (Å²) >= 11 is 12.4. The fourth-order valence-corrected chi connectivity index (χ4v) is 3.26. The van der Waals surface area contributed by atoms with Crippen LogP contribution in [0.3, 0.4) is 0 Å². The first-order valence-corrected chi connectivity index (χ1v) is 9.20. The predicted octanol–water partition coefficient (Wildman–Crippen LogP) is 5.19. The number of ether oxygens (including phenoxy) is 1. The van der Waals surface area contributed by atoms with E-state index in [1.54, 1.807) is 19.2 Å². The van der Waals surface area contributed by atoms with Crippen molar-refractivity contribution >= 4 is 23.2 Å². The molecule has 0 aliphatic rings. The number of hydrogen-bond acceptors (Lipinski definition) is 3. The Hall–Kier alpha value is -2.01. The summed E-state index contributed by atoms with van der Waals surface area (Å²) in [6.45, 7) is 2.04. The largest absolute Gasteiger partial charge is 0.497 e. The first-order chi connectivity index (χ1) is 12.5. The molecule has 0 bridgehead atoms. The molecule has 2 N–H and O–H groups in total. The predicted molar refractivity (Wildman–Crippen MR) is 107 cm³/mol. The van der Waals surface area contributed by atoms with Gasteiger partial charge >= 0.3 is 0 Å². The van der Waals surface area contributed by atoms with Gasteiger partial charge in [-0.1, -0.05) is 42.3 Å². The zero-order chi connectivity index (χ0) is 18.7. The Morgan fingerprint density at radius 1 is 1.12 bits per heavy atom. The lowest BCUT2D eigenvalue weighted by molar-refractivity contribution is 0.414. The highest BCUT2D eigenvalue weighted by Crippen LogP contribution is 2.28. The molecule has 1 aromatic heterocycles. The average Bonchev–Trinajstić information content (AvgIpc) is 3.05. The molecule has 1 unspecified atom stereocenters. The van der Waals surface area contributed by atoms with Crippen molar-refractivity contribution in [2.45, 2.75) is 25.8 Å². The summed E-state index contributed by atoms with van der Waals surface area (Å²) in [5.41, 5.74) is 10.00. The van der Waals surface area contributed by atoms with Crippen molar-refractivity contribution in [2.75, 3.05) is 7.11 Å². The van der Waals surface area contributed by atoms with E-state index in [0.29, 0.717) is 16.5 Å². The van der Waals surface area contributed by atoms with Crippen LogP contribution in [0.2, 0.25) is 10.0 Å². The highest BCUT2D eigenvalue weighted by molar-refractivity contribution is 6.35. The molecule has 1 atom stereocenters. The molecule has 26 heavy (non-hydrogen) atoms. The number of nitrogens with two attached hydrogens (primary N) is 1. The molecule has 0 radical (unpaired) electrons. The molecule has 136 valence electrons. The summed E-state index contributed by atoms with van der Waals surface area (Å²) in [6.07, 6.45) is 1.51. The Balaban J connectivity index is 2.02. The SMILES string of the molecule is CCC(N)c1cc(Cc2ccc(OC)cc2)n(-c2ccc(Cl)cc2Cl)n1. The first-order valence-electron chi connectivity index (χ1n) is 8.44. The second-order valence-corrected chi connectivity index (χ2v) is 6.95. The van der Waals surface area contributed by atoms with Gasteiger partial charge in [0.05, 0.1) is 23.5 Å². The first kappa shape index (κ1) is 18.8. The van der Waals surface area contributed by atoms with Crippen molar-refractivity contribution in [1.82, 2.24) is 9.78 Å². The highest BCUT2D eigenvalue weighted by Gasteiger charge is 2.16. The van der Waals surface area contributed by atoms with Crippen molar-refractivity contribution in [3.63, 3.8) is 0 Å². The van der Waals surface area contributed by atoms with Gasteiger partial charge in [0, 0.05) is 23.2 Å². The molecule has 4 nitrogen and oxygen atoms in total. The van der Waals surface area contributed by atoms with Gasteiger partial charge < -0.3 is 10.5 Å². The molecule has 3 aromatic rings. The fourth-order valence-electron chi connectivity index (χ4n) is 2.77. The van der Waals surface area contributed by atoms with Gasteiger partial charge in [0.15, 0.2) is 0 Å². The lowest BCUT2D eigenvalue weighted by Gasteiger charge is -2.10. The van der Waals surface area contributed by atoms with Gasteiger partial charge in [0.2, 0.25) is 0 Å². The van der Waals surface area contributed by atoms with Gasteiger partial charge in [0.1, 0.15) is 5.75 Å². The maximum atomic E-state index is 6.41. The number of nitrogens with zero attached hydrogens (tertiary/aromatic N) is 2. The van der Waals surface area contributed by atoms with E-state index in [1.165, 1.54) is 0 Å². The minimum Gasteiger partial charge on any atom is -0.497 e. The second kappa shape index (κ2) is 8.12. The number of halogens is 2. The van der Waals surface area contributed by atoms with E-state index in [1.807, 2.05) is 48.0 Å². The van der Waals surface area contributed by atoms with Crippen LogP contribution in [0.5, 0.6) is 5.75 Å². The third kappa shape index (κ3) is 4.04. The minimum absolute atomic E-state index is 0.114. The number of benzene rings is 2. The summed E-state index contributed by atoms with van der Waals surface area (Å²) in [7, 11) is 1.66. The lowest BCUT2D eigenvalue weighted by Crippen LogP contribution is -2.10. The maximum Gasteiger partial charge on any atom is 0.118 e. The molecule has 0 fully saturated rings. The van der Waals surface area contributed by atoms with E-state index < -0.39 is 0 Å². The number of hydrogen-bond donors (Lipinski definition) is 1. The van der Waals surface area contributed by atoms with Crippen LogP contribution in [0, 0.1) is 0 Å². The summed E-state index contributed by atoms with van der Waals surface area (Å²) in [5, 5.41) is 5.85. The van der Waals surface area contributed by atoms with Crippen LogP contribution in [0.4, 0.5) is 0 Å². The van der Waals surface area contributed by atoms with Gasteiger partial charge in [-0.15, -0.1) is 0 Å². The van der Waals surface area contributed by atoms with Crippen LogP contribution >= 0.6 is 23.2 Å². The van der Waals surface area contributed by atoms with Crippen LogP contribution in [-0.4, -0.2) is 16.9 Å². The standard InChI is InChI=1S/C20H21Cl2N3O/c1-3-18(23)19-12-15(10-13-4-7-16(26-2)8-5-13)25(24-19)20-9-6-14(21)11-17(20)22/h4-9,11-12,18H,3,10,23H2,1-2H3. The topological polar surface area (TPSA) is 53.1 Å². The summed E-state index contributed by atoms with van der Waals surface area (Å²) < 4.78 is 7.08. The van der Waals surface area contributed by atoms with Crippen LogP contribution in [0.25, 0.3) is 5.69 Å². The Kier molecular flexibility index (Phi) is 5.87. The van der Waals surface area contributed by atoms with Crippen molar-refractivity contribution < 1.29 is 4.74 Å². The maximum absolute atomic E-state index is 6.41. The zero-order valence-corrected chi connectivity index (χ0v) is 16.3. The third-order valence-corrected chi connectivity index (χ3v) is 4.84. The van der Waals surface area contributed by atoms with Gasteiger partial charge in [-0.2, -0.15) is 5.10 Å². The van der Waals surface area contributed by atoms with Crippen LogP contribution in [-0.2, 0) is 6.42 Å². The molecule has 6 heteroatoms. The van der Waals surface area contributed by atoms with E-state index in [9.17, 15) is 0 Å². The van der Waals surface area contributed by atoms with Crippen LogP contribution in [0.1, 0.15) is 36.3 Å². The smallest absolute Gasteiger partial charge is 0.118 e. The summed E-state index contributed by atoms with van der Waals surface area (Å²) in [6, 6.07) is 15.3. The van der Waals surface area contributed by atoms with E-state index in [2.05, 4.69) is 0 Å². The summed E-state index contributed by atoms with van der Waals surface area (Å²) in [5.74, 6) is 0.830. The molecular formula is C20H21Cl2N3O. The van der Waals surface area contributed by atoms with E-state index >= 15 is 0 Å². The molecule has 3 rings (SSSR count). The third-order valence-electron chi connectivity index (χ3n) is 4.30. The van der Waals surface area contributed by atoms with Crippen molar-refractivity contribution in [3.05, 3.63) is 75.5 Å². The van der Waals surface area contributed by atoms with Crippen LogP contribution in [0.15, 0.2) is 48.5 Å². The molecule has 0 spiro atoms. The molecule has 0 saturated heterocycles. The van der Waals surface area contributed by atoms with E-state index in [0.717, 1.165) is 34.8 Å². The van der Waals surface area contributed by atoms with Gasteiger partial charge in [0.25, 0.3) is 0 Å². The molecular weight excluding hydrogens is 369 g/mol. The second-order valence-electron chi connectivity index (χ2n) is 6.11. The van der Waals surface area contributed by atoms with Gasteiger partial charge in [-0.25, -0.2) is 4.68 Å². The molecule has 0 amide bonds. The Labute approximate surface area is 163 Å². The fraction of sp³-hybridized carbons (Fsp3) is 0.250. The molecule has 1 heterocycles. The Bertz CT molecular complexity index is 891. The summed E-state index contributed by atoms with van der Waals surface area (Å²) in [4.78, 5) is 0. The van der Waals surface area contributed by atoms with Gasteiger partial charge in [-0.3, -0.25) is 0 Å². The normalized spacial score (nSPS) is 12.2. The Morgan fingerprint density at radius 2 is 1.85 bits per heavy atom. The van der Waals surface area contributed by atoms with Crippen LogP contribution < -0.4 is 10.5 Å². The molecule has 0 aliphatic carbocycles. The monoisotopic (exact) mass is 389 g/mol. The minimum atomic E-state index is -0.114. The molecule has 0 saturated carbocycles. The average molecular weight is 390 g/mol. The van der Waals surface area contributed by atoms with Crippen molar-refractivity contribution in [1.29, 1.82) is 0 Å². The van der Waals surface area contributed by atoms with E-state index in [4.69, 9.17) is 38.8 Å². The molecule has 2 aromatic carbocycles. The zero-order valence-electron chi connectivity index (χ0n) is 14.7. The molecule has 0 aliphatic heterocycles. The van der Waals surface area contributed by atoms with E-state index in [-0.39, 0.29) is 6.04 Å². The van der Waals surface area contributed by atoms with Crippen molar-refractivity contribution in [2.24, 2.45) is 5.73 Å². The highest BCUT2D eigenvalue weighted by atomic mass is 35.5. The quantitative estimate of drug-likeness (QED) is 0.630.